The highest BCUT2D eigenvalue weighted by Gasteiger charge is 2.45. The van der Waals surface area contributed by atoms with E-state index in [4.69, 9.17) is 26.8 Å². The number of rotatable bonds is 9. The van der Waals surface area contributed by atoms with Gasteiger partial charge in [0.25, 0.3) is 0 Å². The molecule has 0 saturated heterocycles. The van der Waals surface area contributed by atoms with Crippen LogP contribution >= 0.6 is 11.6 Å². The Morgan fingerprint density at radius 2 is 1.93 bits per heavy atom. The van der Waals surface area contributed by atoms with E-state index in [0.717, 1.165) is 0 Å². The van der Waals surface area contributed by atoms with Crippen molar-refractivity contribution in [2.75, 3.05) is 5.73 Å². The Bertz CT molecular complexity index is 1590. The van der Waals surface area contributed by atoms with Gasteiger partial charge in [-0.2, -0.15) is 23.3 Å². The van der Waals surface area contributed by atoms with Gasteiger partial charge in [0.15, 0.2) is 0 Å². The van der Waals surface area contributed by atoms with E-state index >= 15 is 0 Å². The Labute approximate surface area is 262 Å². The zero-order valence-corrected chi connectivity index (χ0v) is 25.8. The van der Waals surface area contributed by atoms with Crippen molar-refractivity contribution in [1.82, 2.24) is 25.1 Å². The number of ether oxygens (including phenoxy) is 2. The standard InChI is InChI=1S/C30H34ClF3N6O5/c1-16-11-12-40(39-16)23-14-19(31)9-10-20(23)25(30(32,33)34)44-24-15-21(36-27(35)38-24)18-7-5-17(6-8-18)13-22(26(41)42)37-28(43)45-29(2,3)4/h7,9-12,14-15,17,22,25H,5-6,8,13H2,1-4H3,(H,37,43)(H,41,42)(H2,35,36,38)/t17-,22+,25+/m0/s1. The number of carboxylic acid groups (broad SMARTS) is 1. The monoisotopic (exact) mass is 650 g/mol. The van der Waals surface area contributed by atoms with E-state index in [1.165, 1.54) is 35.1 Å². The first kappa shape index (κ1) is 33.6. The van der Waals surface area contributed by atoms with Crippen LogP contribution in [-0.4, -0.2) is 54.7 Å². The van der Waals surface area contributed by atoms with E-state index < -0.39 is 36.0 Å². The van der Waals surface area contributed by atoms with Crippen LogP contribution in [0.15, 0.2) is 42.6 Å². The number of amides is 1. The van der Waals surface area contributed by atoms with Crippen molar-refractivity contribution in [2.45, 2.75) is 77.3 Å². The summed E-state index contributed by atoms with van der Waals surface area (Å²) in [4.78, 5) is 32.0. The van der Waals surface area contributed by atoms with Crippen LogP contribution in [0.2, 0.25) is 5.02 Å². The first-order valence-corrected chi connectivity index (χ1v) is 14.5. The summed E-state index contributed by atoms with van der Waals surface area (Å²) in [6, 6.07) is 5.71. The minimum atomic E-state index is -4.85. The number of carboxylic acids is 1. The van der Waals surface area contributed by atoms with Crippen LogP contribution in [0.4, 0.5) is 23.9 Å². The van der Waals surface area contributed by atoms with E-state index in [9.17, 15) is 27.9 Å². The van der Waals surface area contributed by atoms with Crippen LogP contribution in [0, 0.1) is 12.8 Å². The van der Waals surface area contributed by atoms with Crippen molar-refractivity contribution in [3.63, 3.8) is 0 Å². The lowest BCUT2D eigenvalue weighted by atomic mass is 9.84. The number of alkyl carbamates (subject to hydrolysis) is 1. The summed E-state index contributed by atoms with van der Waals surface area (Å²) in [5.74, 6) is -1.94. The SMILES string of the molecule is Cc1ccn(-c2cc(Cl)ccc2[C@@H](Oc2cc(C3=CC[C@H](C[C@@H](NC(=O)OC(C)(C)C)C(=O)O)CC3)nc(N)n2)C(F)(F)F)n1. The normalized spacial score (nSPS) is 16.8. The molecule has 1 aliphatic carbocycles. The summed E-state index contributed by atoms with van der Waals surface area (Å²) in [5, 5.41) is 16.5. The van der Waals surface area contributed by atoms with Gasteiger partial charge < -0.3 is 25.6 Å². The predicted octanol–water partition coefficient (Wildman–Crippen LogP) is 6.44. The number of carbonyl (C=O) groups excluding carboxylic acids is 1. The molecule has 1 aromatic carbocycles. The fourth-order valence-electron chi connectivity index (χ4n) is 4.92. The molecule has 4 N–H and O–H groups in total. The van der Waals surface area contributed by atoms with Gasteiger partial charge in [-0.3, -0.25) is 0 Å². The van der Waals surface area contributed by atoms with Gasteiger partial charge in [0, 0.05) is 22.8 Å². The van der Waals surface area contributed by atoms with Crippen LogP contribution in [0.25, 0.3) is 11.3 Å². The van der Waals surface area contributed by atoms with Gasteiger partial charge in [-0.05, 0) is 83.1 Å². The van der Waals surface area contributed by atoms with Crippen LogP contribution in [0.3, 0.4) is 0 Å². The van der Waals surface area contributed by atoms with E-state index in [1.807, 2.05) is 6.08 Å². The number of carbonyl (C=O) groups is 2. The zero-order valence-electron chi connectivity index (χ0n) is 25.1. The minimum Gasteiger partial charge on any atom is -0.480 e. The van der Waals surface area contributed by atoms with Crippen LogP contribution in [0.1, 0.15) is 69.5 Å². The number of aryl methyl sites for hydroxylation is 1. The van der Waals surface area contributed by atoms with Gasteiger partial charge in [0.1, 0.15) is 11.6 Å². The summed E-state index contributed by atoms with van der Waals surface area (Å²) < 4.78 is 55.3. The number of anilines is 1. The quantitative estimate of drug-likeness (QED) is 0.237. The third-order valence-corrected chi connectivity index (χ3v) is 7.14. The number of hydrogen-bond donors (Lipinski definition) is 3. The molecule has 2 heterocycles. The number of benzene rings is 1. The van der Waals surface area contributed by atoms with Gasteiger partial charge in [-0.25, -0.2) is 19.3 Å². The smallest absolute Gasteiger partial charge is 0.429 e. The van der Waals surface area contributed by atoms with E-state index in [1.54, 1.807) is 33.8 Å². The van der Waals surface area contributed by atoms with E-state index in [2.05, 4.69) is 20.4 Å². The van der Waals surface area contributed by atoms with Crippen molar-refractivity contribution in [3.8, 4) is 11.6 Å². The summed E-state index contributed by atoms with van der Waals surface area (Å²) in [6.45, 7) is 6.72. The molecule has 0 bridgehead atoms. The Kier molecular flexibility index (Phi) is 9.95. The Hall–Kier alpha value is -4.33. The third kappa shape index (κ3) is 9.10. The van der Waals surface area contributed by atoms with Crippen LogP contribution in [0.5, 0.6) is 5.88 Å². The number of nitrogens with two attached hydrogens (primary N) is 1. The largest absolute Gasteiger partial charge is 0.480 e. The molecule has 3 aromatic rings. The van der Waals surface area contributed by atoms with Crippen molar-refractivity contribution < 1.29 is 37.3 Å². The molecule has 2 aromatic heterocycles. The third-order valence-electron chi connectivity index (χ3n) is 6.91. The number of alkyl halides is 3. The molecule has 11 nitrogen and oxygen atoms in total. The highest BCUT2D eigenvalue weighted by atomic mass is 35.5. The van der Waals surface area contributed by atoms with Crippen LogP contribution in [-0.2, 0) is 9.53 Å². The molecule has 242 valence electrons. The molecule has 45 heavy (non-hydrogen) atoms. The van der Waals surface area contributed by atoms with Gasteiger partial charge in [-0.1, -0.05) is 23.7 Å². The van der Waals surface area contributed by atoms with Gasteiger partial charge in [-0.15, -0.1) is 0 Å². The first-order valence-electron chi connectivity index (χ1n) is 14.1. The molecule has 15 heteroatoms. The molecule has 0 spiro atoms. The number of nitrogens with zero attached hydrogens (tertiary/aromatic N) is 4. The molecule has 1 amide bonds. The summed E-state index contributed by atoms with van der Waals surface area (Å²) in [5.41, 5.74) is 6.54. The number of halogens is 4. The second-order valence-electron chi connectivity index (χ2n) is 11.7. The van der Waals surface area contributed by atoms with E-state index in [0.29, 0.717) is 30.5 Å². The van der Waals surface area contributed by atoms with Crippen LogP contribution < -0.4 is 15.8 Å². The highest BCUT2D eigenvalue weighted by Crippen LogP contribution is 2.40. The molecular weight excluding hydrogens is 617 g/mol. The topological polar surface area (TPSA) is 154 Å². The Morgan fingerprint density at radius 3 is 2.51 bits per heavy atom. The molecule has 0 aliphatic heterocycles. The van der Waals surface area contributed by atoms with Gasteiger partial charge in [0.2, 0.25) is 17.9 Å². The first-order chi connectivity index (χ1) is 21.0. The lowest BCUT2D eigenvalue weighted by Gasteiger charge is -2.26. The molecular formula is C30H34ClF3N6O5. The summed E-state index contributed by atoms with van der Waals surface area (Å²) in [7, 11) is 0. The summed E-state index contributed by atoms with van der Waals surface area (Å²) in [6.07, 6.45) is -3.20. The number of aliphatic carboxylic acids is 1. The molecule has 0 radical (unpaired) electrons. The molecule has 1 aliphatic rings. The second-order valence-corrected chi connectivity index (χ2v) is 12.2. The van der Waals surface area contributed by atoms with Crippen molar-refractivity contribution in [2.24, 2.45) is 5.92 Å². The fourth-order valence-corrected chi connectivity index (χ4v) is 5.09. The molecule has 4 rings (SSSR count). The molecule has 3 atom stereocenters. The lowest BCUT2D eigenvalue weighted by molar-refractivity contribution is -0.198. The molecule has 0 unspecified atom stereocenters. The number of nitrogen functional groups attached to an aromatic ring is 1. The van der Waals surface area contributed by atoms with Crippen molar-refractivity contribution >= 4 is 35.2 Å². The van der Waals surface area contributed by atoms with Crippen molar-refractivity contribution in [3.05, 3.63) is 64.6 Å². The van der Waals surface area contributed by atoms with Gasteiger partial charge in [0.05, 0.1) is 17.1 Å². The van der Waals surface area contributed by atoms with Gasteiger partial charge >= 0.3 is 18.2 Å². The lowest BCUT2D eigenvalue weighted by Crippen LogP contribution is -2.44. The molecule has 0 fully saturated rings. The summed E-state index contributed by atoms with van der Waals surface area (Å²) >= 11 is 6.12. The second kappa shape index (κ2) is 13.3. The average molecular weight is 651 g/mol. The number of aromatic nitrogens is 4. The number of nitrogens with one attached hydrogen (secondary N) is 1. The maximum Gasteiger partial charge on any atom is 0.429 e. The van der Waals surface area contributed by atoms with E-state index in [-0.39, 0.29) is 46.1 Å². The Balaban J connectivity index is 1.54. The maximum atomic E-state index is 14.5. The minimum absolute atomic E-state index is 0.0852. The fraction of sp³-hybridized carbons (Fsp3) is 0.433. The highest BCUT2D eigenvalue weighted by molar-refractivity contribution is 6.30. The maximum absolute atomic E-state index is 14.5. The Morgan fingerprint density at radius 1 is 1.20 bits per heavy atom. The number of allylic oxidation sites excluding steroid dienone is 2. The predicted molar refractivity (Wildman–Crippen MR) is 160 cm³/mol. The number of hydrogen-bond acceptors (Lipinski definition) is 8. The molecule has 0 saturated carbocycles. The average Bonchev–Trinajstić information content (AvgIpc) is 3.36. The zero-order chi connectivity index (χ0) is 33.1. The van der Waals surface area contributed by atoms with Crippen molar-refractivity contribution in [1.29, 1.82) is 0 Å².